The molecule has 40 heavy (non-hydrogen) atoms. The maximum absolute atomic E-state index is 9.94. The summed E-state index contributed by atoms with van der Waals surface area (Å²) in [6.45, 7) is 0. The lowest BCUT2D eigenvalue weighted by Crippen LogP contribution is -2.15. The Labute approximate surface area is 235 Å². The van der Waals surface area contributed by atoms with Crippen LogP contribution in [0.2, 0.25) is 0 Å². The smallest absolute Gasteiger partial charge is 0.115 e. The lowest BCUT2D eigenvalue weighted by molar-refractivity contribution is 0.475. The molecule has 1 aliphatic rings. The number of hydrogen-bond acceptors (Lipinski definition) is 2. The van der Waals surface area contributed by atoms with E-state index in [9.17, 15) is 5.11 Å². The van der Waals surface area contributed by atoms with Gasteiger partial charge in [-0.25, -0.2) is 0 Å². The Morgan fingerprint density at radius 3 is 1.93 bits per heavy atom. The number of hydrogen-bond donors (Lipinski definition) is 1. The minimum absolute atomic E-state index is 0.279. The first-order valence-corrected chi connectivity index (χ1v) is 14.1. The van der Waals surface area contributed by atoms with Gasteiger partial charge in [-0.2, -0.15) is 0 Å². The van der Waals surface area contributed by atoms with Crippen LogP contribution in [0.3, 0.4) is 0 Å². The van der Waals surface area contributed by atoms with E-state index in [1.54, 1.807) is 12.1 Å². The van der Waals surface area contributed by atoms with Crippen molar-refractivity contribution in [3.8, 4) is 5.75 Å². The minimum atomic E-state index is 0.279. The molecule has 1 N–H and O–H groups in total. The van der Waals surface area contributed by atoms with E-state index in [1.165, 1.54) is 56.8 Å². The van der Waals surface area contributed by atoms with E-state index in [1.807, 2.05) is 12.1 Å². The Morgan fingerprint density at radius 2 is 1.15 bits per heavy atom. The van der Waals surface area contributed by atoms with E-state index in [4.69, 9.17) is 0 Å². The molecule has 7 rings (SSSR count). The lowest BCUT2D eigenvalue weighted by Gasteiger charge is -2.30. The van der Waals surface area contributed by atoms with E-state index >= 15 is 0 Å². The van der Waals surface area contributed by atoms with Gasteiger partial charge < -0.3 is 10.0 Å². The van der Waals surface area contributed by atoms with Gasteiger partial charge in [-0.3, -0.25) is 0 Å². The standard InChI is InChI=1S/C38H31NO/c40-36-22-20-35(21-23-36)39(38-11-5-9-29-6-3-4-10-37(29)38)34-18-15-27(16-19-34)12-13-28-14-17-32-25-30-7-1-2-8-31(30)26-33(32)24-28/h1-2,5,7-9,11-26,40H,3-4,6,10H2. The van der Waals surface area contributed by atoms with E-state index in [2.05, 4.69) is 114 Å². The van der Waals surface area contributed by atoms with Crippen LogP contribution >= 0.6 is 0 Å². The van der Waals surface area contributed by atoms with Gasteiger partial charge in [0.15, 0.2) is 0 Å². The predicted molar refractivity (Wildman–Crippen MR) is 170 cm³/mol. The van der Waals surface area contributed by atoms with E-state index < -0.39 is 0 Å². The highest BCUT2D eigenvalue weighted by Crippen LogP contribution is 2.40. The number of nitrogens with zero attached hydrogens (tertiary/aromatic N) is 1. The number of rotatable bonds is 5. The first-order valence-electron chi connectivity index (χ1n) is 14.1. The van der Waals surface area contributed by atoms with Crippen LogP contribution in [0.25, 0.3) is 33.7 Å². The van der Waals surface area contributed by atoms with Crippen LogP contribution in [0.1, 0.15) is 35.1 Å². The first-order chi connectivity index (χ1) is 19.7. The van der Waals surface area contributed by atoms with Crippen LogP contribution in [0, 0.1) is 0 Å². The number of anilines is 3. The number of benzene rings is 6. The molecule has 0 unspecified atom stereocenters. The van der Waals surface area contributed by atoms with Crippen LogP contribution in [0.15, 0.2) is 121 Å². The van der Waals surface area contributed by atoms with Gasteiger partial charge in [0, 0.05) is 17.1 Å². The molecule has 0 bridgehead atoms. The average Bonchev–Trinajstić information content (AvgIpc) is 3.01. The van der Waals surface area contributed by atoms with Crippen molar-refractivity contribution in [2.45, 2.75) is 25.7 Å². The second kappa shape index (κ2) is 10.4. The molecule has 0 amide bonds. The molecule has 0 fully saturated rings. The van der Waals surface area contributed by atoms with Crippen LogP contribution in [-0.4, -0.2) is 5.11 Å². The first kappa shape index (κ1) is 24.2. The summed E-state index contributed by atoms with van der Waals surface area (Å²) < 4.78 is 0. The molecule has 194 valence electrons. The summed E-state index contributed by atoms with van der Waals surface area (Å²) >= 11 is 0. The molecular weight excluding hydrogens is 486 g/mol. The lowest BCUT2D eigenvalue weighted by atomic mass is 9.90. The fraction of sp³-hybridized carbons (Fsp3) is 0.105. The summed E-state index contributed by atoms with van der Waals surface area (Å²) in [5.74, 6) is 0.279. The number of phenolic OH excluding ortho intramolecular Hbond substituents is 1. The van der Waals surface area contributed by atoms with Gasteiger partial charge in [0.1, 0.15) is 5.75 Å². The third-order valence-electron chi connectivity index (χ3n) is 8.07. The predicted octanol–water partition coefficient (Wildman–Crippen LogP) is 10.2. The van der Waals surface area contributed by atoms with Gasteiger partial charge in [-0.05, 0) is 130 Å². The zero-order chi connectivity index (χ0) is 26.9. The fourth-order valence-corrected chi connectivity index (χ4v) is 5.99. The van der Waals surface area contributed by atoms with Crippen molar-refractivity contribution in [2.24, 2.45) is 0 Å². The summed E-state index contributed by atoms with van der Waals surface area (Å²) in [6, 6.07) is 42.7. The van der Waals surface area contributed by atoms with Crippen LogP contribution in [-0.2, 0) is 12.8 Å². The molecule has 6 aromatic rings. The number of fused-ring (bicyclic) bond motifs is 3. The SMILES string of the molecule is Oc1ccc(N(c2ccc(C=Cc3ccc4cc5ccccc5cc4c3)cc2)c2cccc3c2CCCC3)cc1. The Hall–Kier alpha value is -4.82. The topological polar surface area (TPSA) is 23.5 Å². The van der Waals surface area contributed by atoms with Crippen LogP contribution in [0.5, 0.6) is 5.75 Å². The molecule has 0 saturated carbocycles. The van der Waals surface area contributed by atoms with Crippen molar-refractivity contribution in [3.05, 3.63) is 144 Å². The van der Waals surface area contributed by atoms with E-state index in [0.717, 1.165) is 29.8 Å². The quantitative estimate of drug-likeness (QED) is 0.182. The second-order valence-corrected chi connectivity index (χ2v) is 10.7. The molecule has 0 saturated heterocycles. The summed E-state index contributed by atoms with van der Waals surface area (Å²) in [5.41, 5.74) is 8.62. The maximum Gasteiger partial charge on any atom is 0.115 e. The fourth-order valence-electron chi connectivity index (χ4n) is 5.99. The summed E-state index contributed by atoms with van der Waals surface area (Å²) in [5, 5.41) is 15.0. The number of aromatic hydroxyl groups is 1. The number of aryl methyl sites for hydroxylation is 1. The highest BCUT2D eigenvalue weighted by atomic mass is 16.3. The third-order valence-corrected chi connectivity index (χ3v) is 8.07. The normalized spacial score (nSPS) is 13.1. The Balaban J connectivity index is 1.21. The van der Waals surface area contributed by atoms with Crippen molar-refractivity contribution in [2.75, 3.05) is 4.90 Å². The summed E-state index contributed by atoms with van der Waals surface area (Å²) in [7, 11) is 0. The zero-order valence-corrected chi connectivity index (χ0v) is 22.4. The van der Waals surface area contributed by atoms with Crippen LogP contribution < -0.4 is 4.90 Å². The summed E-state index contributed by atoms with van der Waals surface area (Å²) in [4.78, 5) is 2.32. The summed E-state index contributed by atoms with van der Waals surface area (Å²) in [6.07, 6.45) is 9.09. The van der Waals surface area contributed by atoms with Gasteiger partial charge >= 0.3 is 0 Å². The molecule has 0 spiro atoms. The Morgan fingerprint density at radius 1 is 0.525 bits per heavy atom. The van der Waals surface area contributed by atoms with Crippen molar-refractivity contribution in [3.63, 3.8) is 0 Å². The van der Waals surface area contributed by atoms with Gasteiger partial charge in [0.05, 0.1) is 0 Å². The van der Waals surface area contributed by atoms with Crippen LogP contribution in [0.4, 0.5) is 17.1 Å². The van der Waals surface area contributed by atoms with Crippen molar-refractivity contribution < 1.29 is 5.11 Å². The minimum Gasteiger partial charge on any atom is -0.508 e. The molecule has 0 aromatic heterocycles. The van der Waals surface area contributed by atoms with Gasteiger partial charge in [-0.1, -0.05) is 72.8 Å². The molecule has 2 nitrogen and oxygen atoms in total. The molecule has 6 aromatic carbocycles. The average molecular weight is 518 g/mol. The van der Waals surface area contributed by atoms with Crippen molar-refractivity contribution in [1.82, 2.24) is 0 Å². The van der Waals surface area contributed by atoms with Gasteiger partial charge in [0.2, 0.25) is 0 Å². The molecular formula is C38H31NO. The molecule has 0 aliphatic heterocycles. The molecule has 0 atom stereocenters. The second-order valence-electron chi connectivity index (χ2n) is 10.7. The Bertz CT molecular complexity index is 1850. The van der Waals surface area contributed by atoms with Gasteiger partial charge in [-0.15, -0.1) is 0 Å². The van der Waals surface area contributed by atoms with E-state index in [-0.39, 0.29) is 5.75 Å². The number of phenols is 1. The third kappa shape index (κ3) is 4.74. The molecule has 0 radical (unpaired) electrons. The van der Waals surface area contributed by atoms with Gasteiger partial charge in [0.25, 0.3) is 0 Å². The van der Waals surface area contributed by atoms with E-state index in [0.29, 0.717) is 0 Å². The maximum atomic E-state index is 9.94. The molecule has 0 heterocycles. The highest BCUT2D eigenvalue weighted by molar-refractivity contribution is 5.99. The van der Waals surface area contributed by atoms with Crippen molar-refractivity contribution in [1.29, 1.82) is 0 Å². The highest BCUT2D eigenvalue weighted by Gasteiger charge is 2.20. The molecule has 1 aliphatic carbocycles. The Kier molecular flexibility index (Phi) is 6.30. The van der Waals surface area contributed by atoms with Crippen molar-refractivity contribution >= 4 is 50.8 Å². The monoisotopic (exact) mass is 517 g/mol. The zero-order valence-electron chi connectivity index (χ0n) is 22.4. The largest absolute Gasteiger partial charge is 0.508 e. The molecule has 2 heteroatoms.